The molecule has 0 spiro atoms. The van der Waals surface area contributed by atoms with Crippen molar-refractivity contribution in [3.63, 3.8) is 0 Å². The van der Waals surface area contributed by atoms with Crippen molar-refractivity contribution in [2.75, 3.05) is 19.7 Å². The summed E-state index contributed by atoms with van der Waals surface area (Å²) in [4.78, 5) is 18.8. The van der Waals surface area contributed by atoms with Gasteiger partial charge in [-0.3, -0.25) is 0 Å². The van der Waals surface area contributed by atoms with E-state index < -0.39 is 0 Å². The molecule has 1 aliphatic heterocycles. The third-order valence-corrected chi connectivity index (χ3v) is 5.09. The Hall–Kier alpha value is -1.79. The van der Waals surface area contributed by atoms with Gasteiger partial charge in [0, 0.05) is 25.6 Å². The summed E-state index contributed by atoms with van der Waals surface area (Å²) < 4.78 is 1.91. The SMILES string of the molecule is Cn1c(CNC(=O)N2CCCC(C)(CO)C2)nc2cccc(Cl)c21. The van der Waals surface area contributed by atoms with E-state index in [1.807, 2.05) is 36.7 Å². The first kappa shape index (κ1) is 17.0. The number of benzene rings is 1. The molecular weight excluding hydrogens is 328 g/mol. The van der Waals surface area contributed by atoms with Gasteiger partial charge in [0.15, 0.2) is 0 Å². The lowest BCUT2D eigenvalue weighted by atomic mass is 9.83. The van der Waals surface area contributed by atoms with E-state index in [-0.39, 0.29) is 18.1 Å². The van der Waals surface area contributed by atoms with Gasteiger partial charge in [-0.25, -0.2) is 9.78 Å². The highest BCUT2D eigenvalue weighted by Crippen LogP contribution is 2.28. The van der Waals surface area contributed by atoms with Gasteiger partial charge in [0.25, 0.3) is 0 Å². The minimum atomic E-state index is -0.207. The van der Waals surface area contributed by atoms with E-state index in [0.29, 0.717) is 18.1 Å². The number of piperidine rings is 1. The molecule has 2 amide bonds. The lowest BCUT2D eigenvalue weighted by molar-refractivity contribution is 0.0614. The van der Waals surface area contributed by atoms with Gasteiger partial charge < -0.3 is 19.9 Å². The van der Waals surface area contributed by atoms with E-state index in [9.17, 15) is 9.90 Å². The van der Waals surface area contributed by atoms with E-state index in [1.54, 1.807) is 4.90 Å². The highest BCUT2D eigenvalue weighted by Gasteiger charge is 2.32. The van der Waals surface area contributed by atoms with Crippen molar-refractivity contribution in [1.82, 2.24) is 19.8 Å². The average Bonchev–Trinajstić information content (AvgIpc) is 2.90. The second kappa shape index (κ2) is 6.61. The van der Waals surface area contributed by atoms with Crippen LogP contribution in [0.25, 0.3) is 11.0 Å². The maximum absolute atomic E-state index is 12.4. The summed E-state index contributed by atoms with van der Waals surface area (Å²) in [5, 5.41) is 13.1. The smallest absolute Gasteiger partial charge is 0.317 e. The monoisotopic (exact) mass is 350 g/mol. The summed E-state index contributed by atoms with van der Waals surface area (Å²) in [6.07, 6.45) is 1.85. The maximum atomic E-state index is 12.4. The fourth-order valence-corrected chi connectivity index (χ4v) is 3.61. The molecule has 1 aliphatic rings. The first-order valence-electron chi connectivity index (χ1n) is 8.17. The highest BCUT2D eigenvalue weighted by molar-refractivity contribution is 6.35. The summed E-state index contributed by atoms with van der Waals surface area (Å²) >= 11 is 6.23. The lowest BCUT2D eigenvalue weighted by Crippen LogP contribution is -2.50. The number of imidazole rings is 1. The number of carbonyl (C=O) groups is 1. The summed E-state index contributed by atoms with van der Waals surface area (Å²) in [5.41, 5.74) is 1.48. The Morgan fingerprint density at radius 1 is 1.50 bits per heavy atom. The van der Waals surface area contributed by atoms with Crippen LogP contribution in [0.1, 0.15) is 25.6 Å². The molecule has 1 aromatic carbocycles. The highest BCUT2D eigenvalue weighted by atomic mass is 35.5. The van der Waals surface area contributed by atoms with Crippen LogP contribution in [0.4, 0.5) is 4.79 Å². The number of nitrogens with zero attached hydrogens (tertiary/aromatic N) is 3. The molecule has 1 aromatic heterocycles. The Morgan fingerprint density at radius 3 is 3.00 bits per heavy atom. The molecule has 2 heterocycles. The summed E-state index contributed by atoms with van der Waals surface area (Å²) in [6.45, 7) is 3.74. The molecular formula is C17H23ClN4O2. The molecule has 24 heavy (non-hydrogen) atoms. The fourth-order valence-electron chi connectivity index (χ4n) is 3.31. The summed E-state index contributed by atoms with van der Waals surface area (Å²) in [5.74, 6) is 0.758. The number of halogens is 1. The van der Waals surface area contributed by atoms with Crippen LogP contribution in [0.15, 0.2) is 18.2 Å². The second-order valence-electron chi connectivity index (χ2n) is 6.85. The Bertz CT molecular complexity index is 760. The van der Waals surface area contributed by atoms with Gasteiger partial charge in [-0.2, -0.15) is 0 Å². The van der Waals surface area contributed by atoms with Crippen LogP contribution >= 0.6 is 11.6 Å². The Kier molecular flexibility index (Phi) is 4.69. The fraction of sp³-hybridized carbons (Fsp3) is 0.529. The molecule has 1 fully saturated rings. The number of hydrogen-bond acceptors (Lipinski definition) is 3. The van der Waals surface area contributed by atoms with Crippen LogP contribution in [0, 0.1) is 5.41 Å². The van der Waals surface area contributed by atoms with Crippen molar-refractivity contribution in [3.8, 4) is 0 Å². The molecule has 1 atom stereocenters. The van der Waals surface area contributed by atoms with Gasteiger partial charge in [-0.1, -0.05) is 24.6 Å². The van der Waals surface area contributed by atoms with Crippen LogP contribution in [0.5, 0.6) is 0 Å². The van der Waals surface area contributed by atoms with E-state index in [1.165, 1.54) is 0 Å². The number of amides is 2. The largest absolute Gasteiger partial charge is 0.396 e. The zero-order valence-electron chi connectivity index (χ0n) is 14.0. The van der Waals surface area contributed by atoms with E-state index in [2.05, 4.69) is 10.3 Å². The minimum absolute atomic E-state index is 0.0973. The molecule has 0 aliphatic carbocycles. The van der Waals surface area contributed by atoms with Crippen LogP contribution in [0.3, 0.4) is 0 Å². The van der Waals surface area contributed by atoms with E-state index in [0.717, 1.165) is 36.2 Å². The molecule has 0 bridgehead atoms. The maximum Gasteiger partial charge on any atom is 0.317 e. The summed E-state index contributed by atoms with van der Waals surface area (Å²) in [6, 6.07) is 5.48. The van der Waals surface area contributed by atoms with Gasteiger partial charge in [0.2, 0.25) is 0 Å². The molecule has 130 valence electrons. The molecule has 6 nitrogen and oxygen atoms in total. The van der Waals surface area contributed by atoms with Gasteiger partial charge >= 0.3 is 6.03 Å². The number of para-hydroxylation sites is 1. The van der Waals surface area contributed by atoms with Crippen LogP contribution < -0.4 is 5.32 Å². The zero-order valence-corrected chi connectivity index (χ0v) is 14.8. The average molecular weight is 351 g/mol. The van der Waals surface area contributed by atoms with Crippen LogP contribution in [-0.4, -0.2) is 45.3 Å². The number of carbonyl (C=O) groups excluding carboxylic acids is 1. The number of aliphatic hydroxyl groups is 1. The van der Waals surface area contributed by atoms with E-state index in [4.69, 9.17) is 11.6 Å². The van der Waals surface area contributed by atoms with Crippen LogP contribution in [0.2, 0.25) is 5.02 Å². The number of aryl methyl sites for hydroxylation is 1. The standard InChI is InChI=1S/C17H23ClN4O2/c1-17(11-23)7-4-8-22(10-17)16(24)19-9-14-20-13-6-3-5-12(18)15(13)21(14)2/h3,5-6,23H,4,7-11H2,1-2H3,(H,19,24). The van der Waals surface area contributed by atoms with Crippen molar-refractivity contribution in [3.05, 3.63) is 29.0 Å². The molecule has 3 rings (SSSR count). The number of fused-ring (bicyclic) bond motifs is 1. The lowest BCUT2D eigenvalue weighted by Gasteiger charge is -2.39. The Balaban J connectivity index is 1.69. The first-order chi connectivity index (χ1) is 11.4. The third-order valence-electron chi connectivity index (χ3n) is 4.79. The van der Waals surface area contributed by atoms with Gasteiger partial charge in [0.05, 0.1) is 29.2 Å². The molecule has 2 aromatic rings. The number of aromatic nitrogens is 2. The van der Waals surface area contributed by atoms with Gasteiger partial charge in [-0.15, -0.1) is 0 Å². The second-order valence-corrected chi connectivity index (χ2v) is 7.25. The molecule has 2 N–H and O–H groups in total. The normalized spacial score (nSPS) is 21.2. The minimum Gasteiger partial charge on any atom is -0.396 e. The van der Waals surface area contributed by atoms with Gasteiger partial charge in [-0.05, 0) is 25.0 Å². The quantitative estimate of drug-likeness (QED) is 0.893. The van der Waals surface area contributed by atoms with E-state index >= 15 is 0 Å². The Morgan fingerprint density at radius 2 is 2.29 bits per heavy atom. The number of likely N-dealkylation sites (tertiary alicyclic amines) is 1. The number of hydrogen-bond donors (Lipinski definition) is 2. The van der Waals surface area contributed by atoms with Crippen molar-refractivity contribution in [1.29, 1.82) is 0 Å². The predicted molar refractivity (Wildman–Crippen MR) is 94.0 cm³/mol. The third kappa shape index (κ3) is 3.21. The first-order valence-corrected chi connectivity index (χ1v) is 8.55. The zero-order chi connectivity index (χ0) is 17.3. The van der Waals surface area contributed by atoms with Crippen LogP contribution in [-0.2, 0) is 13.6 Å². The number of rotatable bonds is 3. The molecule has 1 unspecified atom stereocenters. The number of nitrogens with one attached hydrogen (secondary N) is 1. The van der Waals surface area contributed by atoms with Gasteiger partial charge in [0.1, 0.15) is 5.82 Å². The predicted octanol–water partition coefficient (Wildman–Crippen LogP) is 2.53. The number of aliphatic hydroxyl groups excluding tert-OH is 1. The molecule has 1 saturated heterocycles. The molecule has 0 saturated carbocycles. The Labute approximate surface area is 146 Å². The van der Waals surface area contributed by atoms with Crippen molar-refractivity contribution < 1.29 is 9.90 Å². The number of urea groups is 1. The molecule has 0 radical (unpaired) electrons. The summed E-state index contributed by atoms with van der Waals surface area (Å²) in [7, 11) is 1.90. The molecule has 7 heteroatoms. The van der Waals surface area contributed by atoms with Crippen molar-refractivity contribution in [2.24, 2.45) is 12.5 Å². The topological polar surface area (TPSA) is 70.4 Å². The van der Waals surface area contributed by atoms with Crippen molar-refractivity contribution >= 4 is 28.7 Å². The van der Waals surface area contributed by atoms with Crippen molar-refractivity contribution in [2.45, 2.75) is 26.3 Å².